The lowest BCUT2D eigenvalue weighted by Crippen LogP contribution is -2.25. The first-order valence-corrected chi connectivity index (χ1v) is 6.16. The summed E-state index contributed by atoms with van der Waals surface area (Å²) in [6, 6.07) is 7.72. The van der Waals surface area contributed by atoms with Crippen molar-refractivity contribution in [2.24, 2.45) is 0 Å². The first-order chi connectivity index (χ1) is 6.38. The fourth-order valence-corrected chi connectivity index (χ4v) is 1.75. The van der Waals surface area contributed by atoms with E-state index in [0.717, 1.165) is 10.6 Å². The minimum absolute atomic E-state index is 0.0356. The van der Waals surface area contributed by atoms with Crippen molar-refractivity contribution in [2.75, 3.05) is 11.6 Å². The molecule has 78 valence electrons. The Bertz CT molecular complexity index is 341. The highest BCUT2D eigenvalue weighted by Crippen LogP contribution is 2.17. The molecule has 0 radical (unpaired) electrons. The van der Waals surface area contributed by atoms with Crippen LogP contribution in [-0.2, 0) is 10.8 Å². The first-order valence-electron chi connectivity index (χ1n) is 4.60. The van der Waals surface area contributed by atoms with Gasteiger partial charge in [-0.25, -0.2) is 0 Å². The van der Waals surface area contributed by atoms with Crippen LogP contribution >= 0.6 is 0 Å². The van der Waals surface area contributed by atoms with Gasteiger partial charge in [0.25, 0.3) is 0 Å². The summed E-state index contributed by atoms with van der Waals surface area (Å²) < 4.78 is 11.2. The van der Waals surface area contributed by atoms with Crippen molar-refractivity contribution in [1.29, 1.82) is 0 Å². The van der Waals surface area contributed by atoms with Gasteiger partial charge in [-0.2, -0.15) is 0 Å². The van der Waals surface area contributed by atoms with E-state index in [1.54, 1.807) is 6.26 Å². The van der Waals surface area contributed by atoms with E-state index in [1.165, 1.54) is 0 Å². The third-order valence-corrected chi connectivity index (χ3v) is 2.60. The number of rotatable bonds is 2. The van der Waals surface area contributed by atoms with Crippen molar-refractivity contribution in [1.82, 2.24) is 0 Å². The maximum absolute atomic E-state index is 11.2. The molecule has 0 aliphatic carbocycles. The van der Waals surface area contributed by atoms with Crippen LogP contribution in [0.2, 0.25) is 0 Å². The van der Waals surface area contributed by atoms with Crippen LogP contribution in [-0.4, -0.2) is 16.0 Å². The van der Waals surface area contributed by atoms with E-state index < -0.39 is 10.8 Å². The SMILES string of the molecule is CS(=O)c1cccc(NC(C)(C)C)c1. The molecule has 14 heavy (non-hydrogen) atoms. The molecule has 0 spiro atoms. The Balaban J connectivity index is 2.89. The molecule has 1 rings (SSSR count). The molecule has 0 aromatic heterocycles. The molecule has 0 amide bonds. The van der Waals surface area contributed by atoms with Gasteiger partial charge in [0.15, 0.2) is 0 Å². The van der Waals surface area contributed by atoms with Gasteiger partial charge in [0.2, 0.25) is 0 Å². The number of hydrogen-bond acceptors (Lipinski definition) is 2. The molecule has 3 heteroatoms. The molecule has 0 heterocycles. The van der Waals surface area contributed by atoms with Gasteiger partial charge >= 0.3 is 0 Å². The van der Waals surface area contributed by atoms with Crippen LogP contribution < -0.4 is 5.32 Å². The van der Waals surface area contributed by atoms with E-state index in [4.69, 9.17) is 0 Å². The normalized spacial score (nSPS) is 13.7. The van der Waals surface area contributed by atoms with Crippen molar-refractivity contribution in [2.45, 2.75) is 31.2 Å². The lowest BCUT2D eigenvalue weighted by Gasteiger charge is -2.22. The number of hydrogen-bond donors (Lipinski definition) is 1. The van der Waals surface area contributed by atoms with E-state index in [1.807, 2.05) is 24.3 Å². The van der Waals surface area contributed by atoms with Crippen LogP contribution in [0.1, 0.15) is 20.8 Å². The van der Waals surface area contributed by atoms with E-state index in [9.17, 15) is 4.21 Å². The van der Waals surface area contributed by atoms with E-state index in [-0.39, 0.29) is 5.54 Å². The van der Waals surface area contributed by atoms with Crippen LogP contribution in [0, 0.1) is 0 Å². The van der Waals surface area contributed by atoms with Gasteiger partial charge in [-0.1, -0.05) is 6.07 Å². The highest BCUT2D eigenvalue weighted by Gasteiger charge is 2.09. The Morgan fingerprint density at radius 1 is 1.29 bits per heavy atom. The van der Waals surface area contributed by atoms with Crippen LogP contribution in [0.25, 0.3) is 0 Å². The Morgan fingerprint density at radius 2 is 1.93 bits per heavy atom. The van der Waals surface area contributed by atoms with Gasteiger partial charge in [0, 0.05) is 33.2 Å². The molecule has 1 unspecified atom stereocenters. The van der Waals surface area contributed by atoms with Gasteiger partial charge in [-0.3, -0.25) is 4.21 Å². The lowest BCUT2D eigenvalue weighted by molar-refractivity contribution is 0.633. The fourth-order valence-electron chi connectivity index (χ4n) is 1.19. The zero-order valence-electron chi connectivity index (χ0n) is 9.13. The summed E-state index contributed by atoms with van der Waals surface area (Å²) in [6.07, 6.45) is 1.69. The fraction of sp³-hybridized carbons (Fsp3) is 0.455. The smallest absolute Gasteiger partial charge is 0.0498 e. The minimum atomic E-state index is -0.908. The highest BCUT2D eigenvalue weighted by molar-refractivity contribution is 7.84. The molecule has 0 fully saturated rings. The van der Waals surface area contributed by atoms with Gasteiger partial charge in [-0.05, 0) is 39.0 Å². The van der Waals surface area contributed by atoms with Gasteiger partial charge < -0.3 is 5.32 Å². The zero-order chi connectivity index (χ0) is 10.8. The highest BCUT2D eigenvalue weighted by atomic mass is 32.2. The average molecular weight is 211 g/mol. The molecule has 1 aromatic rings. The summed E-state index contributed by atoms with van der Waals surface area (Å²) >= 11 is 0. The van der Waals surface area contributed by atoms with Gasteiger partial charge in [0.05, 0.1) is 0 Å². The molecular weight excluding hydrogens is 194 g/mol. The quantitative estimate of drug-likeness (QED) is 0.814. The predicted molar refractivity (Wildman–Crippen MR) is 62.2 cm³/mol. The summed E-state index contributed by atoms with van der Waals surface area (Å²) in [5.41, 5.74) is 1.05. The third kappa shape index (κ3) is 3.50. The molecule has 1 aromatic carbocycles. The summed E-state index contributed by atoms with van der Waals surface area (Å²) in [5.74, 6) is 0. The third-order valence-electron chi connectivity index (χ3n) is 1.69. The van der Waals surface area contributed by atoms with Gasteiger partial charge in [-0.15, -0.1) is 0 Å². The molecular formula is C11H17NOS. The van der Waals surface area contributed by atoms with Crippen LogP contribution in [0.4, 0.5) is 5.69 Å². The van der Waals surface area contributed by atoms with E-state index in [2.05, 4.69) is 26.1 Å². The van der Waals surface area contributed by atoms with Crippen LogP contribution in [0.5, 0.6) is 0 Å². The monoisotopic (exact) mass is 211 g/mol. The molecule has 0 bridgehead atoms. The minimum Gasteiger partial charge on any atom is -0.380 e. The molecule has 0 aliphatic rings. The molecule has 1 N–H and O–H groups in total. The maximum atomic E-state index is 11.2. The van der Waals surface area contributed by atoms with Crippen molar-refractivity contribution >= 4 is 16.5 Å². The molecule has 1 atom stereocenters. The Labute approximate surface area is 88.2 Å². The van der Waals surface area contributed by atoms with Crippen molar-refractivity contribution < 1.29 is 4.21 Å². The molecule has 0 aliphatic heterocycles. The second-order valence-corrected chi connectivity index (χ2v) is 5.74. The largest absolute Gasteiger partial charge is 0.380 e. The first kappa shape index (κ1) is 11.2. The second-order valence-electron chi connectivity index (χ2n) is 4.36. The summed E-state index contributed by atoms with van der Waals surface area (Å²) in [4.78, 5) is 0.860. The summed E-state index contributed by atoms with van der Waals surface area (Å²) in [5, 5.41) is 3.34. The second kappa shape index (κ2) is 4.13. The molecule has 2 nitrogen and oxygen atoms in total. The molecule has 0 saturated heterocycles. The Morgan fingerprint density at radius 3 is 2.43 bits per heavy atom. The summed E-state index contributed by atoms with van der Waals surface area (Å²) in [7, 11) is -0.908. The number of nitrogens with one attached hydrogen (secondary N) is 1. The van der Waals surface area contributed by atoms with E-state index >= 15 is 0 Å². The van der Waals surface area contributed by atoms with Crippen molar-refractivity contribution in [3.63, 3.8) is 0 Å². The lowest BCUT2D eigenvalue weighted by atomic mass is 10.1. The Kier molecular flexibility index (Phi) is 3.32. The average Bonchev–Trinajstić information content (AvgIpc) is 2.01. The molecule has 0 saturated carbocycles. The van der Waals surface area contributed by atoms with E-state index in [0.29, 0.717) is 0 Å². The van der Waals surface area contributed by atoms with Crippen molar-refractivity contribution in [3.05, 3.63) is 24.3 Å². The number of benzene rings is 1. The van der Waals surface area contributed by atoms with Crippen LogP contribution in [0.3, 0.4) is 0 Å². The number of anilines is 1. The topological polar surface area (TPSA) is 29.1 Å². The van der Waals surface area contributed by atoms with Crippen LogP contribution in [0.15, 0.2) is 29.2 Å². The van der Waals surface area contributed by atoms with Gasteiger partial charge in [0.1, 0.15) is 0 Å². The zero-order valence-corrected chi connectivity index (χ0v) is 9.94. The predicted octanol–water partition coefficient (Wildman–Crippen LogP) is 2.63. The maximum Gasteiger partial charge on any atom is 0.0498 e. The standard InChI is InChI=1S/C11H17NOS/c1-11(2,3)12-9-6-5-7-10(8-9)14(4)13/h5-8,12H,1-4H3. The van der Waals surface area contributed by atoms with Crippen molar-refractivity contribution in [3.8, 4) is 0 Å². The summed E-state index contributed by atoms with van der Waals surface area (Å²) in [6.45, 7) is 6.30. The Hall–Kier alpha value is -0.830.